The molecular formula is C11H20ClF3N2O. The topological polar surface area (TPSA) is 38.5 Å². The molecule has 1 heterocycles. The highest BCUT2D eigenvalue weighted by Gasteiger charge is 2.40. The number of rotatable bonds is 4. The third-order valence-electron chi connectivity index (χ3n) is 3.81. The Morgan fingerprint density at radius 3 is 2.56 bits per heavy atom. The third kappa shape index (κ3) is 4.26. The maximum absolute atomic E-state index is 11.8. The minimum Gasteiger partial charge on any atom is -0.371 e. The van der Waals surface area contributed by atoms with Crippen LogP contribution in [0.15, 0.2) is 0 Å². The molecule has 3 unspecified atom stereocenters. The van der Waals surface area contributed by atoms with Gasteiger partial charge in [0.05, 0.1) is 6.61 Å². The molecule has 0 radical (unpaired) electrons. The zero-order valence-corrected chi connectivity index (χ0v) is 11.0. The van der Waals surface area contributed by atoms with Crippen LogP contribution in [0.25, 0.3) is 0 Å². The molecule has 0 spiro atoms. The highest BCUT2D eigenvalue weighted by molar-refractivity contribution is 5.85. The van der Waals surface area contributed by atoms with Crippen LogP contribution in [0.3, 0.4) is 0 Å². The predicted molar refractivity (Wildman–Crippen MR) is 64.8 cm³/mol. The predicted octanol–water partition coefficient (Wildman–Crippen LogP) is 1.66. The van der Waals surface area contributed by atoms with Gasteiger partial charge in [0.1, 0.15) is 6.61 Å². The highest BCUT2D eigenvalue weighted by atomic mass is 35.5. The zero-order chi connectivity index (χ0) is 12.5. The summed E-state index contributed by atoms with van der Waals surface area (Å²) in [4.78, 5) is 2.17. The Labute approximate surface area is 111 Å². The molecule has 0 aromatic rings. The summed E-state index contributed by atoms with van der Waals surface area (Å²) in [6, 6.07) is 0.279. The smallest absolute Gasteiger partial charge is 0.371 e. The second-order valence-electron chi connectivity index (χ2n) is 5.09. The van der Waals surface area contributed by atoms with Crippen molar-refractivity contribution in [1.29, 1.82) is 0 Å². The van der Waals surface area contributed by atoms with Gasteiger partial charge in [0.25, 0.3) is 0 Å². The highest BCUT2D eigenvalue weighted by Crippen LogP contribution is 2.36. The van der Waals surface area contributed by atoms with Crippen molar-refractivity contribution in [1.82, 2.24) is 4.90 Å². The monoisotopic (exact) mass is 288 g/mol. The lowest BCUT2D eigenvalue weighted by atomic mass is 9.98. The van der Waals surface area contributed by atoms with E-state index in [1.165, 1.54) is 0 Å². The summed E-state index contributed by atoms with van der Waals surface area (Å²) in [5, 5.41) is 0. The number of fused-ring (bicyclic) bond motifs is 1. The molecule has 2 N–H and O–H groups in total. The Hall–Kier alpha value is -0.0400. The summed E-state index contributed by atoms with van der Waals surface area (Å²) in [7, 11) is 0. The molecule has 7 heteroatoms. The first-order valence-electron chi connectivity index (χ1n) is 6.08. The van der Waals surface area contributed by atoms with Crippen LogP contribution < -0.4 is 5.73 Å². The number of alkyl halides is 3. The van der Waals surface area contributed by atoms with Crippen LogP contribution in [0.2, 0.25) is 0 Å². The molecule has 0 bridgehead atoms. The SMILES string of the molecule is Cl.NC1CCC2CN(CCOCC(F)(F)F)CC12. The minimum atomic E-state index is -4.22. The largest absolute Gasteiger partial charge is 0.411 e. The number of ether oxygens (including phenoxy) is 1. The van der Waals surface area contributed by atoms with Gasteiger partial charge in [-0.3, -0.25) is 0 Å². The van der Waals surface area contributed by atoms with Crippen molar-refractivity contribution >= 4 is 12.4 Å². The first-order chi connectivity index (χ1) is 7.96. The van der Waals surface area contributed by atoms with Gasteiger partial charge in [-0.1, -0.05) is 0 Å². The average Bonchev–Trinajstić information content (AvgIpc) is 2.75. The molecule has 1 aliphatic heterocycles. The van der Waals surface area contributed by atoms with E-state index in [2.05, 4.69) is 9.64 Å². The van der Waals surface area contributed by atoms with Crippen molar-refractivity contribution in [2.75, 3.05) is 32.8 Å². The molecule has 1 aliphatic carbocycles. The molecule has 1 saturated carbocycles. The first-order valence-corrected chi connectivity index (χ1v) is 6.08. The number of hydrogen-bond donors (Lipinski definition) is 1. The summed E-state index contributed by atoms with van der Waals surface area (Å²) in [6.45, 7) is 1.46. The van der Waals surface area contributed by atoms with Crippen LogP contribution >= 0.6 is 12.4 Å². The van der Waals surface area contributed by atoms with Crippen LogP contribution in [0.4, 0.5) is 13.2 Å². The molecule has 2 aliphatic rings. The standard InChI is InChI=1S/C11H19F3N2O.ClH/c12-11(13,14)7-17-4-3-16-5-8-1-2-10(15)9(8)6-16;/h8-10H,1-7,15H2;1H. The van der Waals surface area contributed by atoms with E-state index in [0.717, 1.165) is 25.9 Å². The van der Waals surface area contributed by atoms with Crippen molar-refractivity contribution in [3.8, 4) is 0 Å². The number of nitrogens with two attached hydrogens (primary N) is 1. The van der Waals surface area contributed by atoms with E-state index in [1.807, 2.05) is 0 Å². The van der Waals surface area contributed by atoms with Gasteiger partial charge >= 0.3 is 6.18 Å². The molecule has 2 rings (SSSR count). The summed E-state index contributed by atoms with van der Waals surface area (Å²) in [5.41, 5.74) is 5.99. The van der Waals surface area contributed by atoms with Gasteiger partial charge in [-0.15, -0.1) is 12.4 Å². The van der Waals surface area contributed by atoms with Gasteiger partial charge in [0.15, 0.2) is 0 Å². The summed E-state index contributed by atoms with van der Waals surface area (Å²) in [6.07, 6.45) is -1.97. The van der Waals surface area contributed by atoms with Gasteiger partial charge in [0.2, 0.25) is 0 Å². The van der Waals surface area contributed by atoms with Crippen LogP contribution in [-0.2, 0) is 4.74 Å². The fourth-order valence-electron chi connectivity index (χ4n) is 2.96. The lowest BCUT2D eigenvalue weighted by molar-refractivity contribution is -0.174. The first kappa shape index (κ1) is 16.0. The van der Waals surface area contributed by atoms with Crippen molar-refractivity contribution in [2.24, 2.45) is 17.6 Å². The molecule has 1 saturated heterocycles. The maximum atomic E-state index is 11.8. The molecule has 108 valence electrons. The van der Waals surface area contributed by atoms with Crippen LogP contribution in [0, 0.1) is 11.8 Å². The maximum Gasteiger partial charge on any atom is 0.411 e. The summed E-state index contributed by atoms with van der Waals surface area (Å²) >= 11 is 0. The van der Waals surface area contributed by atoms with E-state index in [1.54, 1.807) is 0 Å². The van der Waals surface area contributed by atoms with E-state index >= 15 is 0 Å². The van der Waals surface area contributed by atoms with Crippen LogP contribution in [0.1, 0.15) is 12.8 Å². The molecule has 2 fully saturated rings. The molecule has 0 aromatic carbocycles. The Bertz CT molecular complexity index is 265. The molecule has 0 aromatic heterocycles. The Kier molecular flexibility index (Phi) is 5.70. The van der Waals surface area contributed by atoms with E-state index < -0.39 is 12.8 Å². The van der Waals surface area contributed by atoms with E-state index in [4.69, 9.17) is 5.73 Å². The summed E-state index contributed by atoms with van der Waals surface area (Å²) in [5.74, 6) is 1.19. The van der Waals surface area contributed by atoms with Gasteiger partial charge in [-0.25, -0.2) is 0 Å². The second-order valence-corrected chi connectivity index (χ2v) is 5.09. The lowest BCUT2D eigenvalue weighted by Crippen LogP contribution is -2.32. The molecule has 18 heavy (non-hydrogen) atoms. The normalized spacial score (nSPS) is 32.3. The Morgan fingerprint density at radius 2 is 1.94 bits per heavy atom. The molecule has 3 nitrogen and oxygen atoms in total. The van der Waals surface area contributed by atoms with Gasteiger partial charge in [-0.2, -0.15) is 13.2 Å². The second kappa shape index (κ2) is 6.41. The molecule has 3 atom stereocenters. The number of hydrogen-bond acceptors (Lipinski definition) is 3. The van der Waals surface area contributed by atoms with E-state index in [9.17, 15) is 13.2 Å². The lowest BCUT2D eigenvalue weighted by Gasteiger charge is -2.18. The fourth-order valence-corrected chi connectivity index (χ4v) is 2.96. The molecule has 0 amide bonds. The van der Waals surface area contributed by atoms with Gasteiger partial charge in [0, 0.05) is 25.7 Å². The van der Waals surface area contributed by atoms with Crippen LogP contribution in [-0.4, -0.2) is 50.0 Å². The van der Waals surface area contributed by atoms with Crippen molar-refractivity contribution in [3.05, 3.63) is 0 Å². The van der Waals surface area contributed by atoms with E-state index in [0.29, 0.717) is 18.4 Å². The molecular weight excluding hydrogens is 269 g/mol. The van der Waals surface area contributed by atoms with Crippen molar-refractivity contribution in [2.45, 2.75) is 25.1 Å². The number of halogens is 4. The zero-order valence-electron chi connectivity index (χ0n) is 10.2. The van der Waals surface area contributed by atoms with Crippen LogP contribution in [0.5, 0.6) is 0 Å². The third-order valence-corrected chi connectivity index (χ3v) is 3.81. The van der Waals surface area contributed by atoms with Gasteiger partial charge in [-0.05, 0) is 24.7 Å². The fraction of sp³-hybridized carbons (Fsp3) is 1.00. The Balaban J connectivity index is 0.00000162. The minimum absolute atomic E-state index is 0. The number of nitrogens with zero attached hydrogens (tertiary/aromatic N) is 1. The number of likely N-dealkylation sites (tertiary alicyclic amines) is 1. The Morgan fingerprint density at radius 1 is 1.22 bits per heavy atom. The van der Waals surface area contributed by atoms with Gasteiger partial charge < -0.3 is 15.4 Å². The quantitative estimate of drug-likeness (QED) is 0.800. The summed E-state index contributed by atoms with van der Waals surface area (Å²) < 4.78 is 40.1. The van der Waals surface area contributed by atoms with Crippen molar-refractivity contribution < 1.29 is 17.9 Å². The average molecular weight is 289 g/mol. The van der Waals surface area contributed by atoms with Crippen molar-refractivity contribution in [3.63, 3.8) is 0 Å². The van der Waals surface area contributed by atoms with E-state index in [-0.39, 0.29) is 25.1 Å².